The van der Waals surface area contributed by atoms with Crippen LogP contribution in [0.2, 0.25) is 0 Å². The van der Waals surface area contributed by atoms with Gasteiger partial charge in [0.2, 0.25) is 0 Å². The zero-order chi connectivity index (χ0) is 14.1. The van der Waals surface area contributed by atoms with Gasteiger partial charge in [0.25, 0.3) is 0 Å². The number of nitrogens with zero attached hydrogens (tertiary/aromatic N) is 4. The first-order chi connectivity index (χ1) is 9.72. The van der Waals surface area contributed by atoms with Gasteiger partial charge < -0.3 is 5.21 Å². The molecule has 2 aromatic heterocycles. The first kappa shape index (κ1) is 12.9. The Kier molecular flexibility index (Phi) is 3.28. The van der Waals surface area contributed by atoms with Crippen molar-refractivity contribution in [1.29, 1.82) is 0 Å². The number of oxime groups is 1. The summed E-state index contributed by atoms with van der Waals surface area (Å²) in [5, 5.41) is 16.9. The van der Waals surface area contributed by atoms with Gasteiger partial charge in [0, 0.05) is 11.8 Å². The molecule has 0 unspecified atom stereocenters. The summed E-state index contributed by atoms with van der Waals surface area (Å²) in [5.41, 5.74) is 3.63. The molecule has 0 saturated carbocycles. The highest BCUT2D eigenvalue weighted by Gasteiger charge is 2.25. The molecule has 1 aliphatic rings. The average molecular weight is 289 g/mol. The Morgan fingerprint density at radius 3 is 2.95 bits per heavy atom. The molecule has 2 aromatic rings. The van der Waals surface area contributed by atoms with Crippen LogP contribution in [-0.2, 0) is 6.42 Å². The monoisotopic (exact) mass is 288 g/mol. The number of halogens is 1. The van der Waals surface area contributed by atoms with Crippen LogP contribution >= 0.6 is 11.6 Å². The minimum absolute atomic E-state index is 0.601. The summed E-state index contributed by atoms with van der Waals surface area (Å²) in [6.45, 7) is 1.92. The molecule has 0 saturated heterocycles. The lowest BCUT2D eigenvalue weighted by atomic mass is 9.96. The maximum Gasteiger partial charge on any atom is 0.153 e. The number of hydrogen-bond donors (Lipinski definition) is 1. The molecule has 0 bridgehead atoms. The van der Waals surface area contributed by atoms with E-state index < -0.39 is 0 Å². The number of aryl methyl sites for hydroxylation is 1. The third-order valence-corrected chi connectivity index (χ3v) is 3.80. The normalized spacial score (nSPS) is 14.9. The van der Waals surface area contributed by atoms with Crippen molar-refractivity contribution in [1.82, 2.24) is 14.8 Å². The van der Waals surface area contributed by atoms with Gasteiger partial charge in [0.1, 0.15) is 0 Å². The van der Waals surface area contributed by atoms with Crippen LogP contribution in [-0.4, -0.2) is 26.2 Å². The first-order valence-electron chi connectivity index (χ1n) is 6.28. The molecule has 3 rings (SSSR count). The second kappa shape index (κ2) is 5.09. The summed E-state index contributed by atoms with van der Waals surface area (Å²) in [6, 6.07) is 5.71. The lowest BCUT2D eigenvalue weighted by Crippen LogP contribution is -2.09. The maximum absolute atomic E-state index is 8.68. The first-order valence-corrected chi connectivity index (χ1v) is 6.66. The quantitative estimate of drug-likeness (QED) is 0.525. The number of hydrogen-bond acceptors (Lipinski definition) is 4. The zero-order valence-corrected chi connectivity index (χ0v) is 11.7. The van der Waals surface area contributed by atoms with Crippen molar-refractivity contribution in [3.8, 4) is 5.82 Å². The third kappa shape index (κ3) is 2.00. The van der Waals surface area contributed by atoms with Gasteiger partial charge in [-0.25, -0.2) is 9.67 Å². The lowest BCUT2D eigenvalue weighted by molar-refractivity contribution is 0.321. The van der Waals surface area contributed by atoms with E-state index in [1.165, 1.54) is 6.21 Å². The molecular weight excluding hydrogens is 276 g/mol. The van der Waals surface area contributed by atoms with E-state index in [0.29, 0.717) is 11.5 Å². The third-order valence-electron chi connectivity index (χ3n) is 3.37. The topological polar surface area (TPSA) is 63.3 Å². The van der Waals surface area contributed by atoms with E-state index in [-0.39, 0.29) is 0 Å². The molecule has 0 amide bonds. The molecule has 0 atom stereocenters. The Bertz CT molecular complexity index is 703. The zero-order valence-electron chi connectivity index (χ0n) is 10.9. The van der Waals surface area contributed by atoms with E-state index in [1.807, 2.05) is 29.8 Å². The fourth-order valence-electron chi connectivity index (χ4n) is 2.47. The highest BCUT2D eigenvalue weighted by molar-refractivity contribution is 6.51. The summed E-state index contributed by atoms with van der Waals surface area (Å²) in [4.78, 5) is 4.33. The van der Waals surface area contributed by atoms with E-state index in [4.69, 9.17) is 16.8 Å². The largest absolute Gasteiger partial charge is 0.411 e. The molecular formula is C14H13ClN4O. The Morgan fingerprint density at radius 2 is 2.25 bits per heavy atom. The van der Waals surface area contributed by atoms with Gasteiger partial charge in [0.05, 0.1) is 22.6 Å². The molecule has 102 valence electrons. The van der Waals surface area contributed by atoms with E-state index in [9.17, 15) is 0 Å². The number of aromatic nitrogens is 3. The number of allylic oxidation sites excluding steroid dienone is 1. The summed E-state index contributed by atoms with van der Waals surface area (Å²) in [5.74, 6) is 0.778. The standard InChI is InChI=1S/C14H13ClN4O/c1-9-13-11(6-5-10(8-17-20)14(13)15)19(18-9)12-4-2-3-7-16-12/h2-4,7-8,20H,5-6H2,1H3. The summed E-state index contributed by atoms with van der Waals surface area (Å²) in [7, 11) is 0. The summed E-state index contributed by atoms with van der Waals surface area (Å²) < 4.78 is 1.83. The van der Waals surface area contributed by atoms with Crippen LogP contribution in [0.15, 0.2) is 35.1 Å². The van der Waals surface area contributed by atoms with Gasteiger partial charge >= 0.3 is 0 Å². The summed E-state index contributed by atoms with van der Waals surface area (Å²) >= 11 is 6.40. The van der Waals surface area contributed by atoms with Crippen molar-refractivity contribution in [3.05, 3.63) is 46.9 Å². The predicted octanol–water partition coefficient (Wildman–Crippen LogP) is 2.93. The van der Waals surface area contributed by atoms with Gasteiger partial charge in [-0.1, -0.05) is 22.8 Å². The lowest BCUT2D eigenvalue weighted by Gasteiger charge is -2.15. The highest BCUT2D eigenvalue weighted by atomic mass is 35.5. The van der Waals surface area contributed by atoms with Crippen molar-refractivity contribution < 1.29 is 5.21 Å². The molecule has 0 aliphatic heterocycles. The van der Waals surface area contributed by atoms with Crippen LogP contribution in [0.3, 0.4) is 0 Å². The maximum atomic E-state index is 8.68. The van der Waals surface area contributed by atoms with Crippen molar-refractivity contribution in [2.45, 2.75) is 19.8 Å². The Balaban J connectivity index is 2.17. The second-order valence-corrected chi connectivity index (χ2v) is 4.97. The molecule has 1 aliphatic carbocycles. The van der Waals surface area contributed by atoms with Crippen molar-refractivity contribution in [2.75, 3.05) is 0 Å². The van der Waals surface area contributed by atoms with Crippen LogP contribution in [0.5, 0.6) is 0 Å². The van der Waals surface area contributed by atoms with Crippen molar-refractivity contribution >= 4 is 22.8 Å². The number of pyridine rings is 1. The fourth-order valence-corrected chi connectivity index (χ4v) is 2.86. The Hall–Kier alpha value is -2.14. The average Bonchev–Trinajstić information content (AvgIpc) is 2.81. The van der Waals surface area contributed by atoms with Gasteiger partial charge in [-0.15, -0.1) is 0 Å². The number of fused-ring (bicyclic) bond motifs is 1. The molecule has 20 heavy (non-hydrogen) atoms. The fraction of sp³-hybridized carbons (Fsp3) is 0.214. The van der Waals surface area contributed by atoms with E-state index in [1.54, 1.807) is 6.20 Å². The van der Waals surface area contributed by atoms with Crippen LogP contribution in [0.25, 0.3) is 10.9 Å². The van der Waals surface area contributed by atoms with Gasteiger partial charge in [-0.3, -0.25) is 0 Å². The molecule has 0 fully saturated rings. The summed E-state index contributed by atoms with van der Waals surface area (Å²) in [6.07, 6.45) is 4.63. The minimum atomic E-state index is 0.601. The minimum Gasteiger partial charge on any atom is -0.411 e. The molecule has 6 heteroatoms. The highest BCUT2D eigenvalue weighted by Crippen LogP contribution is 2.36. The molecule has 0 radical (unpaired) electrons. The van der Waals surface area contributed by atoms with Gasteiger partial charge in [-0.2, -0.15) is 5.10 Å². The van der Waals surface area contributed by atoms with Crippen LogP contribution in [0.4, 0.5) is 0 Å². The van der Waals surface area contributed by atoms with E-state index in [0.717, 1.165) is 34.8 Å². The molecule has 1 N–H and O–H groups in total. The van der Waals surface area contributed by atoms with Crippen LogP contribution in [0.1, 0.15) is 23.4 Å². The van der Waals surface area contributed by atoms with Crippen molar-refractivity contribution in [3.63, 3.8) is 0 Å². The van der Waals surface area contributed by atoms with Gasteiger partial charge in [0.15, 0.2) is 5.82 Å². The van der Waals surface area contributed by atoms with Crippen molar-refractivity contribution in [2.24, 2.45) is 5.16 Å². The molecule has 5 nitrogen and oxygen atoms in total. The molecule has 0 aromatic carbocycles. The molecule has 0 spiro atoms. The van der Waals surface area contributed by atoms with E-state index in [2.05, 4.69) is 15.2 Å². The predicted molar refractivity (Wildman–Crippen MR) is 77.5 cm³/mol. The Morgan fingerprint density at radius 1 is 1.40 bits per heavy atom. The smallest absolute Gasteiger partial charge is 0.153 e. The second-order valence-electron chi connectivity index (χ2n) is 4.59. The number of rotatable bonds is 2. The SMILES string of the molecule is Cc1nn(-c2ccccn2)c2c1C(Cl)=C(C=NO)CC2. The van der Waals surface area contributed by atoms with E-state index >= 15 is 0 Å². The van der Waals surface area contributed by atoms with Crippen LogP contribution in [0, 0.1) is 6.92 Å². The van der Waals surface area contributed by atoms with Crippen LogP contribution < -0.4 is 0 Å². The Labute approximate surface area is 121 Å². The van der Waals surface area contributed by atoms with Gasteiger partial charge in [-0.05, 0) is 37.5 Å². The molecule has 2 heterocycles.